The summed E-state index contributed by atoms with van der Waals surface area (Å²) in [6.07, 6.45) is 3.91. The summed E-state index contributed by atoms with van der Waals surface area (Å²) >= 11 is 0. The highest BCUT2D eigenvalue weighted by Crippen LogP contribution is 2.30. The van der Waals surface area contributed by atoms with Crippen LogP contribution >= 0.6 is 0 Å². The van der Waals surface area contributed by atoms with Crippen LogP contribution in [-0.4, -0.2) is 47.2 Å². The van der Waals surface area contributed by atoms with Gasteiger partial charge in [0.2, 0.25) is 0 Å². The van der Waals surface area contributed by atoms with E-state index in [4.69, 9.17) is 5.11 Å². The van der Waals surface area contributed by atoms with Gasteiger partial charge in [0.25, 0.3) is 0 Å². The Morgan fingerprint density at radius 2 is 2.20 bits per heavy atom. The Kier molecular flexibility index (Phi) is 3.26. The highest BCUT2D eigenvalue weighted by molar-refractivity contribution is 5.67. The molecular weight excluding hydrogens is 192 g/mol. The molecule has 2 rings (SSSR count). The zero-order valence-electron chi connectivity index (χ0n) is 9.28. The van der Waals surface area contributed by atoms with Crippen molar-refractivity contribution in [1.29, 1.82) is 0 Å². The van der Waals surface area contributed by atoms with Crippen LogP contribution in [0.4, 0.5) is 0 Å². The number of carbonyl (C=O) groups is 1. The van der Waals surface area contributed by atoms with Crippen molar-refractivity contribution in [3.05, 3.63) is 0 Å². The molecule has 0 amide bonds. The van der Waals surface area contributed by atoms with Crippen molar-refractivity contribution in [1.82, 2.24) is 10.2 Å². The van der Waals surface area contributed by atoms with E-state index in [0.29, 0.717) is 12.1 Å². The first-order valence-corrected chi connectivity index (χ1v) is 5.87. The average molecular weight is 212 g/mol. The summed E-state index contributed by atoms with van der Waals surface area (Å²) in [5, 5.41) is 12.3. The second-order valence-corrected chi connectivity index (χ2v) is 4.82. The Balaban J connectivity index is 1.98. The molecule has 2 aliphatic rings. The van der Waals surface area contributed by atoms with Gasteiger partial charge < -0.3 is 10.4 Å². The Hall–Kier alpha value is -0.610. The van der Waals surface area contributed by atoms with Crippen molar-refractivity contribution in [2.75, 3.05) is 13.1 Å². The maximum atomic E-state index is 10.8. The Bertz CT molecular complexity index is 241. The van der Waals surface area contributed by atoms with Crippen LogP contribution in [0.3, 0.4) is 0 Å². The molecule has 1 heterocycles. The zero-order valence-corrected chi connectivity index (χ0v) is 9.28. The van der Waals surface area contributed by atoms with Crippen LogP contribution in [0.1, 0.15) is 32.6 Å². The third kappa shape index (κ3) is 2.92. The Morgan fingerprint density at radius 3 is 2.80 bits per heavy atom. The number of nitrogens with one attached hydrogen (secondary N) is 1. The molecule has 4 nitrogen and oxygen atoms in total. The van der Waals surface area contributed by atoms with Gasteiger partial charge in [-0.2, -0.15) is 0 Å². The minimum absolute atomic E-state index is 0.194. The summed E-state index contributed by atoms with van der Waals surface area (Å²) in [6, 6.07) is 1.38. The van der Waals surface area contributed by atoms with E-state index < -0.39 is 5.97 Å². The summed E-state index contributed by atoms with van der Waals surface area (Å²) in [5.41, 5.74) is 0. The van der Waals surface area contributed by atoms with E-state index in [1.165, 1.54) is 12.8 Å². The van der Waals surface area contributed by atoms with E-state index in [1.807, 2.05) is 0 Å². The van der Waals surface area contributed by atoms with Crippen LogP contribution in [0.2, 0.25) is 0 Å². The lowest BCUT2D eigenvalue weighted by atomic mass is 10.1. The first kappa shape index (κ1) is 10.9. The minimum Gasteiger partial charge on any atom is -0.481 e. The molecule has 0 spiro atoms. The molecule has 1 aliphatic carbocycles. The predicted molar refractivity (Wildman–Crippen MR) is 57.9 cm³/mol. The van der Waals surface area contributed by atoms with Gasteiger partial charge in [0.15, 0.2) is 0 Å². The van der Waals surface area contributed by atoms with Crippen LogP contribution < -0.4 is 5.32 Å². The fraction of sp³-hybridized carbons (Fsp3) is 0.909. The summed E-state index contributed by atoms with van der Waals surface area (Å²) in [5.74, 6) is -0.679. The van der Waals surface area contributed by atoms with E-state index in [1.54, 1.807) is 0 Å². The maximum absolute atomic E-state index is 10.8. The number of nitrogens with zero attached hydrogens (tertiary/aromatic N) is 1. The number of rotatable bonds is 3. The molecule has 1 saturated carbocycles. The lowest BCUT2D eigenvalue weighted by molar-refractivity contribution is -0.138. The molecule has 0 aromatic rings. The van der Waals surface area contributed by atoms with E-state index in [-0.39, 0.29) is 12.5 Å². The van der Waals surface area contributed by atoms with E-state index in [2.05, 4.69) is 17.1 Å². The second-order valence-electron chi connectivity index (χ2n) is 4.82. The molecule has 2 unspecified atom stereocenters. The maximum Gasteiger partial charge on any atom is 0.304 e. The third-order valence-electron chi connectivity index (χ3n) is 3.42. The summed E-state index contributed by atoms with van der Waals surface area (Å²) < 4.78 is 0. The van der Waals surface area contributed by atoms with Gasteiger partial charge in [0.1, 0.15) is 0 Å². The van der Waals surface area contributed by atoms with Gasteiger partial charge in [0.05, 0.1) is 6.42 Å². The van der Waals surface area contributed by atoms with Crippen molar-refractivity contribution in [2.24, 2.45) is 0 Å². The molecule has 1 saturated heterocycles. The van der Waals surface area contributed by atoms with Crippen molar-refractivity contribution >= 4 is 5.97 Å². The molecule has 2 atom stereocenters. The molecule has 86 valence electrons. The quantitative estimate of drug-likeness (QED) is 0.722. The third-order valence-corrected chi connectivity index (χ3v) is 3.42. The van der Waals surface area contributed by atoms with Crippen molar-refractivity contribution in [3.63, 3.8) is 0 Å². The topological polar surface area (TPSA) is 52.6 Å². The standard InChI is InChI=1S/C11H20N2O2/c1-8-4-5-13(9-2-3-9)10(7-12-8)6-11(14)15/h8-10,12H,2-7H2,1H3,(H,14,15). The van der Waals surface area contributed by atoms with E-state index in [0.717, 1.165) is 19.5 Å². The normalized spacial score (nSPS) is 33.7. The van der Waals surface area contributed by atoms with E-state index >= 15 is 0 Å². The minimum atomic E-state index is -0.679. The van der Waals surface area contributed by atoms with Gasteiger partial charge in [0, 0.05) is 31.2 Å². The van der Waals surface area contributed by atoms with Crippen LogP contribution in [-0.2, 0) is 4.79 Å². The predicted octanol–water partition coefficient (Wildman–Crippen LogP) is 0.676. The molecule has 0 aromatic heterocycles. The fourth-order valence-corrected chi connectivity index (χ4v) is 2.36. The van der Waals surface area contributed by atoms with Gasteiger partial charge in [-0.3, -0.25) is 9.69 Å². The molecule has 4 heteroatoms. The first-order valence-electron chi connectivity index (χ1n) is 5.87. The highest BCUT2D eigenvalue weighted by atomic mass is 16.4. The van der Waals surface area contributed by atoms with Gasteiger partial charge >= 0.3 is 5.97 Å². The first-order chi connectivity index (χ1) is 7.16. The van der Waals surface area contributed by atoms with Gasteiger partial charge in [-0.1, -0.05) is 0 Å². The molecule has 0 aromatic carbocycles. The highest BCUT2D eigenvalue weighted by Gasteiger charge is 2.35. The van der Waals surface area contributed by atoms with E-state index in [9.17, 15) is 4.79 Å². The molecule has 15 heavy (non-hydrogen) atoms. The number of carboxylic acid groups (broad SMARTS) is 1. The largest absolute Gasteiger partial charge is 0.481 e. The second kappa shape index (κ2) is 4.49. The van der Waals surface area contributed by atoms with Crippen molar-refractivity contribution < 1.29 is 9.90 Å². The molecular formula is C11H20N2O2. The fourth-order valence-electron chi connectivity index (χ4n) is 2.36. The monoisotopic (exact) mass is 212 g/mol. The lowest BCUT2D eigenvalue weighted by Gasteiger charge is -2.28. The summed E-state index contributed by atoms with van der Waals surface area (Å²) in [6.45, 7) is 4.05. The molecule has 0 radical (unpaired) electrons. The lowest BCUT2D eigenvalue weighted by Crippen LogP contribution is -2.42. The molecule has 2 N–H and O–H groups in total. The van der Waals surface area contributed by atoms with Crippen LogP contribution in [0.5, 0.6) is 0 Å². The van der Waals surface area contributed by atoms with Gasteiger partial charge in [-0.25, -0.2) is 0 Å². The van der Waals surface area contributed by atoms with Crippen LogP contribution in [0.25, 0.3) is 0 Å². The number of aliphatic carboxylic acids is 1. The smallest absolute Gasteiger partial charge is 0.304 e. The molecule has 2 fully saturated rings. The van der Waals surface area contributed by atoms with Crippen LogP contribution in [0.15, 0.2) is 0 Å². The Morgan fingerprint density at radius 1 is 1.47 bits per heavy atom. The van der Waals surface area contributed by atoms with Crippen molar-refractivity contribution in [2.45, 2.75) is 50.7 Å². The van der Waals surface area contributed by atoms with Gasteiger partial charge in [-0.05, 0) is 26.2 Å². The zero-order chi connectivity index (χ0) is 10.8. The van der Waals surface area contributed by atoms with Crippen molar-refractivity contribution in [3.8, 4) is 0 Å². The SMILES string of the molecule is CC1CCN(C2CC2)C(CC(=O)O)CN1. The summed E-state index contributed by atoms with van der Waals surface area (Å²) in [7, 11) is 0. The number of carboxylic acids is 1. The number of hydrogen-bond donors (Lipinski definition) is 2. The molecule has 0 bridgehead atoms. The Labute approximate surface area is 90.6 Å². The molecule has 1 aliphatic heterocycles. The summed E-state index contributed by atoms with van der Waals surface area (Å²) in [4.78, 5) is 13.2. The average Bonchev–Trinajstić information content (AvgIpc) is 2.95. The van der Waals surface area contributed by atoms with Gasteiger partial charge in [-0.15, -0.1) is 0 Å². The number of hydrogen-bond acceptors (Lipinski definition) is 3. The van der Waals surface area contributed by atoms with Crippen LogP contribution in [0, 0.1) is 0 Å².